The molecule has 0 aliphatic heterocycles. The lowest BCUT2D eigenvalue weighted by atomic mass is 9.94. The first-order valence-electron chi connectivity index (χ1n) is 4.84. The number of nitrogens with two attached hydrogens (primary N) is 1. The summed E-state index contributed by atoms with van der Waals surface area (Å²) in [5.74, 6) is 0. The zero-order chi connectivity index (χ0) is 11.5. The lowest BCUT2D eigenvalue weighted by molar-refractivity contribution is -0.00469. The molecule has 1 aliphatic carbocycles. The highest BCUT2D eigenvalue weighted by Gasteiger charge is 2.20. The van der Waals surface area contributed by atoms with Gasteiger partial charge in [-0.25, -0.2) is 0 Å². The van der Waals surface area contributed by atoms with Crippen molar-refractivity contribution in [2.45, 2.75) is 6.42 Å². The lowest BCUT2D eigenvalue weighted by Gasteiger charge is -2.08. The zero-order valence-electron chi connectivity index (χ0n) is 8.52. The molecule has 0 saturated carbocycles. The van der Waals surface area contributed by atoms with Crippen LogP contribution >= 0.6 is 11.6 Å². The Labute approximate surface area is 98.5 Å². The molecule has 0 heterocycles. The van der Waals surface area contributed by atoms with Crippen molar-refractivity contribution in [2.24, 2.45) is 5.73 Å². The molecule has 4 heteroatoms. The maximum atomic E-state index is 8.93. The molecule has 3 nitrogen and oxygen atoms in total. The third-order valence-electron chi connectivity index (χ3n) is 2.42. The van der Waals surface area contributed by atoms with Gasteiger partial charge in [-0.1, -0.05) is 23.7 Å². The number of hydrogen-bond acceptors (Lipinski definition) is 1. The standard InChI is InChI=1S/C12H10ClN3/c13-9-3-1-8(2-4-9)11-6-5-10(14)7-12(11)16-15/h1-6H,7,14H2. The van der Waals surface area contributed by atoms with Gasteiger partial charge in [0.05, 0.1) is 12.0 Å². The van der Waals surface area contributed by atoms with E-state index in [0.717, 1.165) is 11.1 Å². The van der Waals surface area contributed by atoms with Crippen LogP contribution in [0.15, 0.2) is 42.1 Å². The van der Waals surface area contributed by atoms with Crippen LogP contribution in [0.5, 0.6) is 0 Å². The second kappa shape index (κ2) is 4.35. The molecule has 0 bridgehead atoms. The average molecular weight is 232 g/mol. The Morgan fingerprint density at radius 1 is 1.19 bits per heavy atom. The monoisotopic (exact) mass is 231 g/mol. The summed E-state index contributed by atoms with van der Waals surface area (Å²) in [5.41, 5.74) is 17.7. The fourth-order valence-electron chi connectivity index (χ4n) is 1.62. The van der Waals surface area contributed by atoms with E-state index in [1.807, 2.05) is 24.3 Å². The van der Waals surface area contributed by atoms with Gasteiger partial charge in [-0.15, -0.1) is 0 Å². The highest BCUT2D eigenvalue weighted by Crippen LogP contribution is 2.23. The van der Waals surface area contributed by atoms with Crippen LogP contribution in [0.25, 0.3) is 11.1 Å². The van der Waals surface area contributed by atoms with Gasteiger partial charge in [0.2, 0.25) is 0 Å². The number of nitrogens with zero attached hydrogens (tertiary/aromatic N) is 2. The van der Waals surface area contributed by atoms with Crippen molar-refractivity contribution in [2.75, 3.05) is 0 Å². The number of hydrogen-bond donors (Lipinski definition) is 1. The van der Waals surface area contributed by atoms with Crippen LogP contribution in [-0.4, -0.2) is 10.5 Å². The number of allylic oxidation sites excluding steroid dienone is 4. The smallest absolute Gasteiger partial charge is 0.305 e. The summed E-state index contributed by atoms with van der Waals surface area (Å²) >= 11 is 5.81. The summed E-state index contributed by atoms with van der Waals surface area (Å²) in [6.07, 6.45) is 4.13. The fraction of sp³-hybridized carbons (Fsp3) is 0.0833. The number of halogens is 1. The molecule has 0 fully saturated rings. The molecule has 80 valence electrons. The van der Waals surface area contributed by atoms with Gasteiger partial charge in [0.25, 0.3) is 0 Å². The van der Waals surface area contributed by atoms with E-state index in [0.29, 0.717) is 22.9 Å². The van der Waals surface area contributed by atoms with Crippen molar-refractivity contribution < 1.29 is 4.79 Å². The molecule has 0 radical (unpaired) electrons. The molecule has 2 N–H and O–H groups in total. The lowest BCUT2D eigenvalue weighted by Crippen LogP contribution is -2.13. The van der Waals surface area contributed by atoms with Gasteiger partial charge < -0.3 is 11.3 Å². The van der Waals surface area contributed by atoms with E-state index in [9.17, 15) is 0 Å². The molecular formula is C12H10ClN3. The molecule has 1 aromatic rings. The first-order chi connectivity index (χ1) is 7.70. The van der Waals surface area contributed by atoms with E-state index < -0.39 is 0 Å². The molecule has 0 atom stereocenters. The highest BCUT2D eigenvalue weighted by molar-refractivity contribution is 6.30. The van der Waals surface area contributed by atoms with Gasteiger partial charge in [-0.3, -0.25) is 0 Å². The van der Waals surface area contributed by atoms with Crippen LogP contribution in [0.4, 0.5) is 0 Å². The highest BCUT2D eigenvalue weighted by atomic mass is 35.5. The van der Waals surface area contributed by atoms with Crippen LogP contribution in [0.3, 0.4) is 0 Å². The molecule has 2 rings (SSSR count). The summed E-state index contributed by atoms with van der Waals surface area (Å²) in [6, 6.07) is 7.37. The van der Waals surface area contributed by atoms with E-state index >= 15 is 0 Å². The summed E-state index contributed by atoms with van der Waals surface area (Å²) in [7, 11) is 0. The molecule has 0 saturated heterocycles. The van der Waals surface area contributed by atoms with E-state index in [4.69, 9.17) is 22.9 Å². The molecule has 1 aliphatic rings. The normalized spacial score (nSPS) is 15.2. The summed E-state index contributed by atoms with van der Waals surface area (Å²) in [5, 5.41) is 0.678. The summed E-state index contributed by atoms with van der Waals surface area (Å²) < 4.78 is 0. The van der Waals surface area contributed by atoms with Gasteiger partial charge >= 0.3 is 5.71 Å². The third kappa shape index (κ3) is 2.06. The second-order valence-corrected chi connectivity index (χ2v) is 3.99. The Morgan fingerprint density at radius 2 is 1.88 bits per heavy atom. The van der Waals surface area contributed by atoms with Crippen molar-refractivity contribution >= 4 is 22.9 Å². The van der Waals surface area contributed by atoms with Gasteiger partial charge in [-0.05, 0) is 29.8 Å². The topological polar surface area (TPSA) is 62.4 Å². The van der Waals surface area contributed by atoms with Crippen molar-refractivity contribution in [3.8, 4) is 0 Å². The average Bonchev–Trinajstić information content (AvgIpc) is 2.30. The Morgan fingerprint density at radius 3 is 2.50 bits per heavy atom. The predicted octanol–water partition coefficient (Wildman–Crippen LogP) is 2.64. The molecule has 0 amide bonds. The van der Waals surface area contributed by atoms with Crippen molar-refractivity contribution in [3.63, 3.8) is 0 Å². The van der Waals surface area contributed by atoms with Gasteiger partial charge in [0.15, 0.2) is 0 Å². The van der Waals surface area contributed by atoms with Crippen LogP contribution in [0, 0.1) is 0 Å². The van der Waals surface area contributed by atoms with Gasteiger partial charge in [0, 0.05) is 10.7 Å². The van der Waals surface area contributed by atoms with Crippen LogP contribution < -0.4 is 5.73 Å². The maximum absolute atomic E-state index is 8.93. The second-order valence-electron chi connectivity index (χ2n) is 3.55. The Kier molecular flexibility index (Phi) is 2.91. The van der Waals surface area contributed by atoms with Crippen LogP contribution in [0.2, 0.25) is 5.02 Å². The molecule has 16 heavy (non-hydrogen) atoms. The number of benzene rings is 1. The maximum Gasteiger partial charge on any atom is 0.305 e. The molecular weight excluding hydrogens is 222 g/mol. The fourth-order valence-corrected chi connectivity index (χ4v) is 1.74. The third-order valence-corrected chi connectivity index (χ3v) is 2.67. The van der Waals surface area contributed by atoms with E-state index in [2.05, 4.69) is 4.79 Å². The van der Waals surface area contributed by atoms with Gasteiger partial charge in [-0.2, -0.15) is 4.79 Å². The minimum Gasteiger partial charge on any atom is -0.402 e. The van der Waals surface area contributed by atoms with E-state index in [-0.39, 0.29) is 0 Å². The predicted molar refractivity (Wildman–Crippen MR) is 64.9 cm³/mol. The van der Waals surface area contributed by atoms with Crippen molar-refractivity contribution in [1.29, 1.82) is 0 Å². The minimum atomic E-state index is 0.463. The SMILES string of the molecule is [N-]=[N+]=C1CC(N)=CC=C1c1ccc(Cl)cc1. The first-order valence-corrected chi connectivity index (χ1v) is 5.22. The van der Waals surface area contributed by atoms with Gasteiger partial charge in [0.1, 0.15) is 0 Å². The Balaban J connectivity index is 2.47. The zero-order valence-corrected chi connectivity index (χ0v) is 9.28. The van der Waals surface area contributed by atoms with Crippen molar-refractivity contribution in [1.82, 2.24) is 0 Å². The Hall–Kier alpha value is -1.83. The number of rotatable bonds is 1. The minimum absolute atomic E-state index is 0.463. The quantitative estimate of drug-likeness (QED) is 0.586. The van der Waals surface area contributed by atoms with Crippen molar-refractivity contribution in [3.05, 3.63) is 58.2 Å². The molecule has 1 aromatic carbocycles. The summed E-state index contributed by atoms with van der Waals surface area (Å²) in [6.45, 7) is 0. The van der Waals surface area contributed by atoms with Crippen LogP contribution in [0.1, 0.15) is 12.0 Å². The molecule has 0 spiro atoms. The molecule has 0 unspecified atom stereocenters. The molecule has 0 aromatic heterocycles. The summed E-state index contributed by atoms with van der Waals surface area (Å²) in [4.78, 5) is 3.27. The largest absolute Gasteiger partial charge is 0.402 e. The Bertz CT molecular complexity index is 520. The van der Waals surface area contributed by atoms with E-state index in [1.54, 1.807) is 12.1 Å². The van der Waals surface area contributed by atoms with E-state index in [1.165, 1.54) is 0 Å². The first kappa shape index (κ1) is 10.7. The van der Waals surface area contributed by atoms with Crippen LogP contribution in [-0.2, 0) is 0 Å².